The van der Waals surface area contributed by atoms with Gasteiger partial charge in [-0.2, -0.15) is 19.3 Å². The highest BCUT2D eigenvalue weighted by Gasteiger charge is 2.12. The average Bonchev–Trinajstić information content (AvgIpc) is 2.35. The number of nitrogens with zero attached hydrogens (tertiary/aromatic N) is 2. The van der Waals surface area contributed by atoms with Crippen LogP contribution < -0.4 is 10.1 Å². The largest absolute Gasteiger partial charge is 0.434 e. The summed E-state index contributed by atoms with van der Waals surface area (Å²) >= 11 is 2.94. The van der Waals surface area contributed by atoms with Crippen molar-refractivity contribution in [3.8, 4) is 17.9 Å². The molecule has 0 atom stereocenters. The Morgan fingerprint density at radius 1 is 1.37 bits per heavy atom. The molecule has 0 bridgehead atoms. The molecule has 1 N–H and O–H groups in total. The lowest BCUT2D eigenvalue weighted by atomic mass is 10.2. The van der Waals surface area contributed by atoms with Crippen molar-refractivity contribution in [2.24, 2.45) is 0 Å². The van der Waals surface area contributed by atoms with E-state index in [1.165, 1.54) is 0 Å². The van der Waals surface area contributed by atoms with Crippen LogP contribution in [0, 0.1) is 28.5 Å². The summed E-state index contributed by atoms with van der Waals surface area (Å²) < 4.78 is 41.7. The van der Waals surface area contributed by atoms with Crippen LogP contribution in [-0.4, -0.2) is 6.61 Å². The lowest BCUT2D eigenvalue weighted by Crippen LogP contribution is -2.03. The van der Waals surface area contributed by atoms with Crippen molar-refractivity contribution in [3.63, 3.8) is 0 Å². The summed E-state index contributed by atoms with van der Waals surface area (Å²) in [6.45, 7) is -3.07. The zero-order valence-electron chi connectivity index (χ0n) is 9.12. The second-order valence-electron chi connectivity index (χ2n) is 3.07. The van der Waals surface area contributed by atoms with Crippen LogP contribution in [0.3, 0.4) is 0 Å². The van der Waals surface area contributed by atoms with Crippen molar-refractivity contribution in [1.82, 2.24) is 0 Å². The number of benzene rings is 1. The zero-order valence-corrected chi connectivity index (χ0v) is 10.7. The lowest BCUT2D eigenvalue weighted by molar-refractivity contribution is -0.0504. The Bertz CT molecular complexity index is 574. The topological polar surface area (TPSA) is 68.8 Å². The summed E-state index contributed by atoms with van der Waals surface area (Å²) in [5.74, 6) is -1.23. The molecular weight excluding hydrogens is 327 g/mol. The average molecular weight is 332 g/mol. The molecule has 1 rings (SSSR count). The Morgan fingerprint density at radius 3 is 2.53 bits per heavy atom. The first-order valence-corrected chi connectivity index (χ1v) is 5.48. The highest BCUT2D eigenvalue weighted by atomic mass is 79.9. The Hall–Kier alpha value is -2.19. The predicted molar refractivity (Wildman–Crippen MR) is 63.7 cm³/mol. The third kappa shape index (κ3) is 4.19. The van der Waals surface area contributed by atoms with Crippen LogP contribution in [0.5, 0.6) is 5.75 Å². The van der Waals surface area contributed by atoms with Crippen LogP contribution in [-0.2, 0) is 0 Å². The molecule has 0 radical (unpaired) electrons. The number of hydrogen-bond donors (Lipinski definition) is 1. The molecule has 0 aliphatic heterocycles. The van der Waals surface area contributed by atoms with Gasteiger partial charge in [0.05, 0.1) is 10.2 Å². The molecule has 0 aliphatic carbocycles. The minimum absolute atomic E-state index is 0.0977. The molecule has 19 heavy (non-hydrogen) atoms. The van der Waals surface area contributed by atoms with E-state index in [-0.39, 0.29) is 21.5 Å². The van der Waals surface area contributed by atoms with Crippen molar-refractivity contribution in [2.45, 2.75) is 6.61 Å². The van der Waals surface area contributed by atoms with Gasteiger partial charge < -0.3 is 10.1 Å². The Balaban J connectivity index is 3.00. The van der Waals surface area contributed by atoms with Gasteiger partial charge >= 0.3 is 6.61 Å². The van der Waals surface area contributed by atoms with E-state index in [1.807, 2.05) is 0 Å². The number of hydrogen-bond acceptors (Lipinski definition) is 4. The molecule has 0 heterocycles. The summed E-state index contributed by atoms with van der Waals surface area (Å²) in [5, 5.41) is 19.3. The van der Waals surface area contributed by atoms with Crippen LogP contribution >= 0.6 is 15.9 Å². The van der Waals surface area contributed by atoms with E-state index >= 15 is 0 Å². The van der Waals surface area contributed by atoms with Crippen molar-refractivity contribution in [3.05, 3.63) is 34.2 Å². The Morgan fingerprint density at radius 2 is 2.00 bits per heavy atom. The highest BCUT2D eigenvalue weighted by Crippen LogP contribution is 2.31. The summed E-state index contributed by atoms with van der Waals surface area (Å²) in [6.07, 6.45) is 0.999. The Labute approximate surface area is 114 Å². The number of allylic oxidation sites excluding steroid dienone is 1. The van der Waals surface area contributed by atoms with Gasteiger partial charge in [0.15, 0.2) is 0 Å². The second kappa shape index (κ2) is 6.66. The smallest absolute Gasteiger partial charge is 0.387 e. The molecule has 1 aromatic rings. The van der Waals surface area contributed by atoms with E-state index in [1.54, 1.807) is 12.1 Å². The highest BCUT2D eigenvalue weighted by molar-refractivity contribution is 9.10. The van der Waals surface area contributed by atoms with Gasteiger partial charge in [-0.1, -0.05) is 0 Å². The normalized spacial score (nSPS) is 9.42. The van der Waals surface area contributed by atoms with E-state index in [2.05, 4.69) is 26.0 Å². The van der Waals surface area contributed by atoms with Gasteiger partial charge in [0.1, 0.15) is 29.3 Å². The molecule has 98 valence electrons. The van der Waals surface area contributed by atoms with E-state index in [0.29, 0.717) is 0 Å². The molecule has 0 saturated heterocycles. The minimum Gasteiger partial charge on any atom is -0.434 e. The first-order valence-electron chi connectivity index (χ1n) is 4.68. The standard InChI is InChI=1S/C11H5BrF3N3O/c12-7-1-9(18-5-6(3-16)4-17)8(13)2-10(7)19-11(14)15/h1-2,5,11,18H. The number of alkyl halides is 2. The zero-order chi connectivity index (χ0) is 14.4. The fraction of sp³-hybridized carbons (Fsp3) is 0.0909. The quantitative estimate of drug-likeness (QED) is 0.857. The fourth-order valence-electron chi connectivity index (χ4n) is 1.06. The van der Waals surface area contributed by atoms with Gasteiger partial charge in [0.25, 0.3) is 0 Å². The minimum atomic E-state index is -3.07. The number of rotatable bonds is 4. The molecule has 0 aliphatic rings. The van der Waals surface area contributed by atoms with Gasteiger partial charge in [0.2, 0.25) is 0 Å². The number of anilines is 1. The van der Waals surface area contributed by atoms with Gasteiger partial charge in [-0.15, -0.1) is 0 Å². The van der Waals surface area contributed by atoms with Gasteiger partial charge in [0, 0.05) is 12.3 Å². The van der Waals surface area contributed by atoms with E-state index in [4.69, 9.17) is 10.5 Å². The van der Waals surface area contributed by atoms with E-state index in [0.717, 1.165) is 18.3 Å². The van der Waals surface area contributed by atoms with Crippen molar-refractivity contribution in [2.75, 3.05) is 5.32 Å². The predicted octanol–water partition coefficient (Wildman–Crippen LogP) is 3.53. The SMILES string of the molecule is N#CC(C#N)=CNc1cc(Br)c(OC(F)F)cc1F. The molecule has 8 heteroatoms. The molecular formula is C11H5BrF3N3O. The first-order chi connectivity index (χ1) is 8.97. The maximum Gasteiger partial charge on any atom is 0.387 e. The van der Waals surface area contributed by atoms with Crippen LogP contribution in [0.15, 0.2) is 28.4 Å². The van der Waals surface area contributed by atoms with Crippen LogP contribution in [0.25, 0.3) is 0 Å². The van der Waals surface area contributed by atoms with Gasteiger partial charge in [-0.3, -0.25) is 0 Å². The fourth-order valence-corrected chi connectivity index (χ4v) is 1.50. The summed E-state index contributed by atoms with van der Waals surface area (Å²) in [4.78, 5) is 0. The number of nitriles is 2. The Kier molecular flexibility index (Phi) is 5.22. The molecule has 0 aromatic heterocycles. The maximum atomic E-state index is 13.5. The summed E-state index contributed by atoms with van der Waals surface area (Å²) in [5.41, 5.74) is -0.361. The molecule has 0 fully saturated rings. The van der Waals surface area contributed by atoms with Crippen molar-refractivity contribution < 1.29 is 17.9 Å². The van der Waals surface area contributed by atoms with Crippen molar-refractivity contribution >= 4 is 21.6 Å². The van der Waals surface area contributed by atoms with Crippen molar-refractivity contribution in [1.29, 1.82) is 10.5 Å². The summed E-state index contributed by atoms with van der Waals surface area (Å²) in [7, 11) is 0. The molecule has 0 unspecified atom stereocenters. The lowest BCUT2D eigenvalue weighted by Gasteiger charge is -2.09. The molecule has 4 nitrogen and oxygen atoms in total. The van der Waals surface area contributed by atoms with Gasteiger partial charge in [-0.05, 0) is 22.0 Å². The molecule has 0 amide bonds. The van der Waals surface area contributed by atoms with Crippen LogP contribution in [0.4, 0.5) is 18.9 Å². The van der Waals surface area contributed by atoms with Gasteiger partial charge in [-0.25, -0.2) is 4.39 Å². The van der Waals surface area contributed by atoms with Crippen LogP contribution in [0.2, 0.25) is 0 Å². The summed E-state index contributed by atoms with van der Waals surface area (Å²) in [6, 6.07) is 5.05. The second-order valence-corrected chi connectivity index (χ2v) is 3.92. The molecule has 1 aromatic carbocycles. The third-order valence-corrected chi connectivity index (χ3v) is 2.47. The maximum absolute atomic E-state index is 13.5. The molecule has 0 spiro atoms. The monoisotopic (exact) mass is 331 g/mol. The first kappa shape index (κ1) is 14.9. The number of halogens is 4. The van der Waals surface area contributed by atoms with E-state index in [9.17, 15) is 13.2 Å². The third-order valence-electron chi connectivity index (χ3n) is 1.85. The number of nitrogens with one attached hydrogen (secondary N) is 1. The number of ether oxygens (including phenoxy) is 1. The molecule has 0 saturated carbocycles. The van der Waals surface area contributed by atoms with E-state index < -0.39 is 12.4 Å². The van der Waals surface area contributed by atoms with Crippen LogP contribution in [0.1, 0.15) is 0 Å².